The fraction of sp³-hybridized carbons (Fsp3) is 0.467. The molecule has 112 valence electrons. The first-order chi connectivity index (χ1) is 10.3. The van der Waals surface area contributed by atoms with Crippen molar-refractivity contribution in [3.8, 4) is 10.6 Å². The summed E-state index contributed by atoms with van der Waals surface area (Å²) < 4.78 is 5.06. The van der Waals surface area contributed by atoms with E-state index < -0.39 is 0 Å². The number of nitrogens with one attached hydrogen (secondary N) is 1. The first kappa shape index (κ1) is 14.3. The standard InChI is InChI=1S/C15H19N3O2S/c1-16-12-3-2-5-18(8-12)14(19)7-13-10-21-15(17-13)11-4-6-20-9-11/h4,6,9-10,12,16H,2-3,5,7-8H2,1H3. The molecule has 3 heterocycles. The molecule has 0 spiro atoms. The SMILES string of the molecule is CNC1CCCN(C(=O)Cc2csc(-c3ccoc3)n2)C1. The second-order valence-electron chi connectivity index (χ2n) is 5.30. The number of piperidine rings is 1. The summed E-state index contributed by atoms with van der Waals surface area (Å²) in [5, 5.41) is 6.12. The normalized spacial score (nSPS) is 18.9. The van der Waals surface area contributed by atoms with Gasteiger partial charge in [-0.15, -0.1) is 11.3 Å². The summed E-state index contributed by atoms with van der Waals surface area (Å²) in [5.41, 5.74) is 1.81. The van der Waals surface area contributed by atoms with Crippen LogP contribution in [0.2, 0.25) is 0 Å². The Morgan fingerprint density at radius 1 is 1.62 bits per heavy atom. The highest BCUT2D eigenvalue weighted by Gasteiger charge is 2.23. The third-order valence-electron chi connectivity index (χ3n) is 3.83. The topological polar surface area (TPSA) is 58.4 Å². The van der Waals surface area contributed by atoms with Gasteiger partial charge in [0.1, 0.15) is 11.3 Å². The summed E-state index contributed by atoms with van der Waals surface area (Å²) in [6.07, 6.45) is 5.89. The van der Waals surface area contributed by atoms with Gasteiger partial charge in [-0.25, -0.2) is 4.98 Å². The zero-order valence-corrected chi connectivity index (χ0v) is 12.9. The van der Waals surface area contributed by atoms with Crippen molar-refractivity contribution >= 4 is 17.2 Å². The minimum atomic E-state index is 0.166. The molecule has 0 saturated carbocycles. The van der Waals surface area contributed by atoms with Crippen molar-refractivity contribution in [1.29, 1.82) is 0 Å². The molecule has 0 aliphatic carbocycles. The van der Waals surface area contributed by atoms with Gasteiger partial charge in [-0.05, 0) is 26.0 Å². The summed E-state index contributed by atoms with van der Waals surface area (Å²) in [6.45, 7) is 1.66. The number of rotatable bonds is 4. The number of amides is 1. The fourth-order valence-electron chi connectivity index (χ4n) is 2.61. The van der Waals surface area contributed by atoms with Crippen LogP contribution in [0.15, 0.2) is 28.4 Å². The number of hydrogen-bond acceptors (Lipinski definition) is 5. The maximum absolute atomic E-state index is 12.4. The summed E-state index contributed by atoms with van der Waals surface area (Å²) in [4.78, 5) is 18.8. The summed E-state index contributed by atoms with van der Waals surface area (Å²) in [6, 6.07) is 2.30. The highest BCUT2D eigenvalue weighted by atomic mass is 32.1. The number of carbonyl (C=O) groups excluding carboxylic acids is 1. The summed E-state index contributed by atoms with van der Waals surface area (Å²) in [5.74, 6) is 0.166. The Hall–Kier alpha value is -1.66. The van der Waals surface area contributed by atoms with Gasteiger partial charge in [-0.3, -0.25) is 4.79 Å². The lowest BCUT2D eigenvalue weighted by Gasteiger charge is -2.32. The largest absolute Gasteiger partial charge is 0.472 e. The molecule has 21 heavy (non-hydrogen) atoms. The third kappa shape index (κ3) is 3.33. The van der Waals surface area contributed by atoms with Crippen molar-refractivity contribution < 1.29 is 9.21 Å². The number of carbonyl (C=O) groups is 1. The van der Waals surface area contributed by atoms with E-state index in [1.165, 1.54) is 0 Å². The molecule has 0 radical (unpaired) electrons. The van der Waals surface area contributed by atoms with E-state index >= 15 is 0 Å². The zero-order valence-electron chi connectivity index (χ0n) is 12.0. The molecule has 6 heteroatoms. The van der Waals surface area contributed by atoms with E-state index in [0.717, 1.165) is 42.2 Å². The molecule has 1 unspecified atom stereocenters. The van der Waals surface area contributed by atoms with Crippen LogP contribution in [0.3, 0.4) is 0 Å². The molecule has 1 fully saturated rings. The molecule has 1 atom stereocenters. The van der Waals surface area contributed by atoms with Crippen LogP contribution < -0.4 is 5.32 Å². The van der Waals surface area contributed by atoms with Crippen molar-refractivity contribution in [3.05, 3.63) is 29.7 Å². The number of likely N-dealkylation sites (tertiary alicyclic amines) is 1. The monoisotopic (exact) mass is 305 g/mol. The highest BCUT2D eigenvalue weighted by molar-refractivity contribution is 7.13. The second-order valence-corrected chi connectivity index (χ2v) is 6.16. The van der Waals surface area contributed by atoms with Crippen LogP contribution in [-0.4, -0.2) is 42.0 Å². The lowest BCUT2D eigenvalue weighted by molar-refractivity contribution is -0.131. The van der Waals surface area contributed by atoms with Gasteiger partial charge in [-0.2, -0.15) is 0 Å². The van der Waals surface area contributed by atoms with Gasteiger partial charge in [0.25, 0.3) is 0 Å². The van der Waals surface area contributed by atoms with E-state index in [4.69, 9.17) is 4.42 Å². The average Bonchev–Trinajstić information content (AvgIpc) is 3.18. The fourth-order valence-corrected chi connectivity index (χ4v) is 3.42. The molecule has 1 aliphatic rings. The average molecular weight is 305 g/mol. The van der Waals surface area contributed by atoms with E-state index in [9.17, 15) is 4.79 Å². The zero-order chi connectivity index (χ0) is 14.7. The van der Waals surface area contributed by atoms with Crippen LogP contribution in [0.1, 0.15) is 18.5 Å². The summed E-state index contributed by atoms with van der Waals surface area (Å²) in [7, 11) is 1.95. The Bertz CT molecular complexity index is 594. The lowest BCUT2D eigenvalue weighted by Crippen LogP contribution is -2.47. The maximum Gasteiger partial charge on any atom is 0.228 e. The van der Waals surface area contributed by atoms with Crippen LogP contribution in [0.25, 0.3) is 10.6 Å². The molecular weight excluding hydrogens is 286 g/mol. The minimum absolute atomic E-state index is 0.166. The predicted octanol–water partition coefficient (Wildman–Crippen LogP) is 2.16. The van der Waals surface area contributed by atoms with Gasteiger partial charge < -0.3 is 14.6 Å². The van der Waals surface area contributed by atoms with E-state index in [0.29, 0.717) is 12.5 Å². The minimum Gasteiger partial charge on any atom is -0.472 e. The molecule has 3 rings (SSSR count). The Labute approximate surface area is 128 Å². The Kier molecular flexibility index (Phi) is 4.36. The van der Waals surface area contributed by atoms with Crippen molar-refractivity contribution in [1.82, 2.24) is 15.2 Å². The number of thiazole rings is 1. The Morgan fingerprint density at radius 2 is 2.52 bits per heavy atom. The van der Waals surface area contributed by atoms with Gasteiger partial charge in [-0.1, -0.05) is 0 Å². The number of aromatic nitrogens is 1. The van der Waals surface area contributed by atoms with E-state index in [2.05, 4.69) is 10.3 Å². The van der Waals surface area contributed by atoms with E-state index in [1.54, 1.807) is 23.9 Å². The molecule has 2 aromatic rings. The molecule has 1 aliphatic heterocycles. The van der Waals surface area contributed by atoms with Crippen LogP contribution >= 0.6 is 11.3 Å². The van der Waals surface area contributed by atoms with E-state index in [-0.39, 0.29) is 5.91 Å². The quantitative estimate of drug-likeness (QED) is 0.940. The van der Waals surface area contributed by atoms with Crippen molar-refractivity contribution in [3.63, 3.8) is 0 Å². The van der Waals surface area contributed by atoms with Crippen molar-refractivity contribution in [2.75, 3.05) is 20.1 Å². The molecule has 1 saturated heterocycles. The molecule has 0 bridgehead atoms. The van der Waals surface area contributed by atoms with Gasteiger partial charge in [0.2, 0.25) is 5.91 Å². The van der Waals surface area contributed by atoms with Crippen LogP contribution in [0, 0.1) is 0 Å². The van der Waals surface area contributed by atoms with Gasteiger partial charge in [0.05, 0.1) is 18.4 Å². The Morgan fingerprint density at radius 3 is 3.29 bits per heavy atom. The number of furan rings is 1. The van der Waals surface area contributed by atoms with Crippen LogP contribution in [0.4, 0.5) is 0 Å². The highest BCUT2D eigenvalue weighted by Crippen LogP contribution is 2.24. The Balaban J connectivity index is 1.62. The smallest absolute Gasteiger partial charge is 0.228 e. The van der Waals surface area contributed by atoms with Crippen LogP contribution in [-0.2, 0) is 11.2 Å². The second kappa shape index (κ2) is 6.41. The molecule has 2 aromatic heterocycles. The molecule has 1 N–H and O–H groups in total. The first-order valence-electron chi connectivity index (χ1n) is 7.18. The number of hydrogen-bond donors (Lipinski definition) is 1. The lowest BCUT2D eigenvalue weighted by atomic mass is 10.1. The van der Waals surface area contributed by atoms with Crippen LogP contribution in [0.5, 0.6) is 0 Å². The van der Waals surface area contributed by atoms with Gasteiger partial charge in [0.15, 0.2) is 0 Å². The van der Waals surface area contributed by atoms with Crippen molar-refractivity contribution in [2.24, 2.45) is 0 Å². The molecule has 0 aromatic carbocycles. The third-order valence-corrected chi connectivity index (χ3v) is 4.77. The van der Waals surface area contributed by atoms with Gasteiger partial charge in [0, 0.05) is 30.1 Å². The van der Waals surface area contributed by atoms with E-state index in [1.807, 2.05) is 23.4 Å². The number of likely N-dealkylation sites (N-methyl/N-ethyl adjacent to an activating group) is 1. The molecular formula is C15H19N3O2S. The summed E-state index contributed by atoms with van der Waals surface area (Å²) >= 11 is 1.55. The van der Waals surface area contributed by atoms with Gasteiger partial charge >= 0.3 is 0 Å². The maximum atomic E-state index is 12.4. The molecule has 1 amide bonds. The predicted molar refractivity (Wildman–Crippen MR) is 82.2 cm³/mol. The first-order valence-corrected chi connectivity index (χ1v) is 8.06. The number of nitrogens with zero attached hydrogens (tertiary/aromatic N) is 2. The molecule has 5 nitrogen and oxygen atoms in total. The van der Waals surface area contributed by atoms with Crippen molar-refractivity contribution in [2.45, 2.75) is 25.3 Å².